The number of methoxy groups -OCH3 is 1. The molecule has 0 radical (unpaired) electrons. The second-order valence-electron chi connectivity index (χ2n) is 11.5. The number of Topliss-reactive ketones (excluding diaryl/α,β-unsaturated/α-hetero) is 1. The normalized spacial score (nSPS) is 27.4. The second-order valence-corrected chi connectivity index (χ2v) is 12.5. The van der Waals surface area contributed by atoms with Gasteiger partial charge in [-0.2, -0.15) is 0 Å². The van der Waals surface area contributed by atoms with Crippen LogP contribution in [0.3, 0.4) is 0 Å². The number of aliphatic hydroxyl groups is 2. The van der Waals surface area contributed by atoms with Gasteiger partial charge < -0.3 is 40.4 Å². The largest absolute Gasteiger partial charge is 0.507 e. The summed E-state index contributed by atoms with van der Waals surface area (Å²) in [6, 6.07) is 8.94. The zero-order valence-electron chi connectivity index (χ0n) is 24.4. The number of rotatable bonds is 7. The quantitative estimate of drug-likeness (QED) is 0.146. The minimum atomic E-state index is -2.11. The minimum absolute atomic E-state index is 0.0275. The van der Waals surface area contributed by atoms with Gasteiger partial charge in [-0.25, -0.2) is 4.98 Å². The monoisotopic (exact) mass is 636 g/mol. The fourth-order valence-electron chi connectivity index (χ4n) is 6.31. The van der Waals surface area contributed by atoms with E-state index < -0.39 is 82.6 Å². The molecule has 12 nitrogen and oxygen atoms in total. The number of ether oxygens (including phenoxy) is 3. The zero-order valence-corrected chi connectivity index (χ0v) is 25.2. The van der Waals surface area contributed by atoms with E-state index in [2.05, 4.69) is 4.98 Å². The molecule has 2 aromatic carbocycles. The third-order valence-electron chi connectivity index (χ3n) is 8.65. The number of phenols is 2. The Hall–Kier alpha value is -3.85. The van der Waals surface area contributed by atoms with Gasteiger partial charge in [0.15, 0.2) is 17.9 Å². The number of aliphatic hydroxyl groups excluding tert-OH is 1. The highest BCUT2D eigenvalue weighted by atomic mass is 32.2. The Morgan fingerprint density at radius 2 is 1.87 bits per heavy atom. The van der Waals surface area contributed by atoms with E-state index in [4.69, 9.17) is 19.9 Å². The van der Waals surface area contributed by atoms with Gasteiger partial charge in [0.25, 0.3) is 0 Å². The number of benzene rings is 2. The summed E-state index contributed by atoms with van der Waals surface area (Å²) < 4.78 is 17.3. The van der Waals surface area contributed by atoms with Crippen LogP contribution >= 0.6 is 11.8 Å². The molecule has 4 unspecified atom stereocenters. The Morgan fingerprint density at radius 3 is 2.56 bits per heavy atom. The molecule has 6 atom stereocenters. The van der Waals surface area contributed by atoms with Gasteiger partial charge in [-0.1, -0.05) is 30.0 Å². The fraction of sp³-hybridized carbons (Fsp3) is 0.375. The smallest absolute Gasteiger partial charge is 0.202 e. The Bertz CT molecular complexity index is 1690. The van der Waals surface area contributed by atoms with Crippen LogP contribution in [0, 0.1) is 0 Å². The van der Waals surface area contributed by atoms with E-state index in [0.717, 1.165) is 11.8 Å². The van der Waals surface area contributed by atoms with Gasteiger partial charge >= 0.3 is 0 Å². The highest BCUT2D eigenvalue weighted by Gasteiger charge is 2.50. The third-order valence-corrected chi connectivity index (χ3v) is 9.59. The van der Waals surface area contributed by atoms with Crippen LogP contribution in [0.2, 0.25) is 0 Å². The molecule has 0 bridgehead atoms. The molecule has 6 rings (SSSR count). The number of pyridine rings is 1. The molecule has 2 aliphatic carbocycles. The summed E-state index contributed by atoms with van der Waals surface area (Å²) >= 11 is 1.11. The summed E-state index contributed by atoms with van der Waals surface area (Å²) in [6.45, 7) is 1.61. The Morgan fingerprint density at radius 1 is 1.11 bits per heavy atom. The molecule has 1 saturated heterocycles. The molecule has 1 aliphatic heterocycles. The van der Waals surface area contributed by atoms with Crippen molar-refractivity contribution in [3.63, 3.8) is 0 Å². The number of ketones is 3. The lowest BCUT2D eigenvalue weighted by Crippen LogP contribution is -2.52. The number of hydrogen-bond acceptors (Lipinski definition) is 13. The van der Waals surface area contributed by atoms with Gasteiger partial charge in [-0.05, 0) is 25.1 Å². The maximum Gasteiger partial charge on any atom is 0.202 e. The average Bonchev–Trinajstić information content (AvgIpc) is 3.02. The minimum Gasteiger partial charge on any atom is -0.507 e. The topological polar surface area (TPSA) is 199 Å². The molecule has 6 N–H and O–H groups in total. The lowest BCUT2D eigenvalue weighted by molar-refractivity contribution is -0.247. The lowest BCUT2D eigenvalue weighted by Gasteiger charge is -2.42. The van der Waals surface area contributed by atoms with Crippen molar-refractivity contribution >= 4 is 29.1 Å². The van der Waals surface area contributed by atoms with E-state index in [1.165, 1.54) is 25.3 Å². The Labute approximate surface area is 262 Å². The van der Waals surface area contributed by atoms with Gasteiger partial charge in [0.1, 0.15) is 22.8 Å². The fourth-order valence-corrected chi connectivity index (χ4v) is 7.17. The van der Waals surface area contributed by atoms with Crippen molar-refractivity contribution < 1.29 is 49.0 Å². The lowest BCUT2D eigenvalue weighted by atomic mass is 9.72. The molecular weight excluding hydrogens is 604 g/mol. The van der Waals surface area contributed by atoms with Crippen molar-refractivity contribution in [3.05, 3.63) is 76.0 Å². The number of hydrogen-bond donors (Lipinski definition) is 5. The van der Waals surface area contributed by atoms with E-state index in [1.807, 2.05) is 0 Å². The van der Waals surface area contributed by atoms with E-state index in [0.29, 0.717) is 5.03 Å². The van der Waals surface area contributed by atoms with Crippen molar-refractivity contribution in [1.82, 2.24) is 4.98 Å². The van der Waals surface area contributed by atoms with Gasteiger partial charge in [0.2, 0.25) is 5.78 Å². The molecule has 13 heteroatoms. The van der Waals surface area contributed by atoms with Crippen molar-refractivity contribution in [2.45, 2.75) is 67.5 Å². The van der Waals surface area contributed by atoms with Crippen LogP contribution in [-0.4, -0.2) is 85.8 Å². The third kappa shape index (κ3) is 5.29. The first-order valence-electron chi connectivity index (χ1n) is 14.4. The number of phenolic OH excluding ortho intramolecular Hbond substituents is 2. The maximum atomic E-state index is 13.8. The first-order valence-corrected chi connectivity index (χ1v) is 15.3. The number of thioether (sulfide) groups is 1. The summed E-state index contributed by atoms with van der Waals surface area (Å²) in [5.41, 5.74) is 2.85. The summed E-state index contributed by atoms with van der Waals surface area (Å²) in [5.74, 6) is -3.41. The number of nitrogens with zero attached hydrogens (tertiary/aromatic N) is 1. The highest BCUT2D eigenvalue weighted by Crippen LogP contribution is 2.52. The second kappa shape index (κ2) is 11.8. The number of carbonyl (C=O) groups is 3. The molecule has 2 heterocycles. The first-order chi connectivity index (χ1) is 21.4. The number of carbonyl (C=O) groups excluding carboxylic acids is 3. The number of aromatic nitrogens is 1. The highest BCUT2D eigenvalue weighted by molar-refractivity contribution is 7.99. The molecule has 1 aromatic heterocycles. The van der Waals surface area contributed by atoms with Crippen LogP contribution in [0.4, 0.5) is 0 Å². The summed E-state index contributed by atoms with van der Waals surface area (Å²) in [6.07, 6.45) is -3.23. The van der Waals surface area contributed by atoms with E-state index >= 15 is 0 Å². The van der Waals surface area contributed by atoms with Crippen LogP contribution in [0.15, 0.2) is 47.6 Å². The maximum absolute atomic E-state index is 13.8. The number of aromatic hydroxyl groups is 2. The summed E-state index contributed by atoms with van der Waals surface area (Å²) in [7, 11) is 1.34. The van der Waals surface area contributed by atoms with Crippen molar-refractivity contribution in [2.75, 3.05) is 12.9 Å². The molecule has 3 aliphatic rings. The van der Waals surface area contributed by atoms with Crippen LogP contribution in [-0.2, 0) is 20.7 Å². The van der Waals surface area contributed by atoms with E-state index in [9.17, 15) is 34.8 Å². The van der Waals surface area contributed by atoms with Crippen molar-refractivity contribution in [3.8, 4) is 17.2 Å². The van der Waals surface area contributed by atoms with Crippen LogP contribution < -0.4 is 10.5 Å². The molecule has 0 saturated carbocycles. The standard InChI is InChI=1S/C32H32N2O10S/c1-14-27(36)17(33)10-22(43-14)44-19-12-32(41,20(35)13-45-21-8-3-4-9-34-21)11-16-24(19)31(40)26-25(29(16)38)28(37)15-6-5-7-18(42-2)23(15)30(26)39/h3-9,14,17,19,22,27,36,38,40-41H,10-13,33H2,1-2H3/t14?,17?,19-,22?,27?,32-/m0/s1. The molecule has 3 aromatic rings. The van der Waals surface area contributed by atoms with Crippen molar-refractivity contribution in [2.24, 2.45) is 5.73 Å². The predicted octanol–water partition coefficient (Wildman–Crippen LogP) is 2.20. The average molecular weight is 637 g/mol. The SMILES string of the molecule is COc1cccc2c1C(=O)c1c(O)c3c(c(O)c1C2=O)C[C@@](O)(C(=O)CSc1ccccn1)C[C@@H]3OC1CC(N)C(O)C(C)O1. The van der Waals surface area contributed by atoms with Gasteiger partial charge in [-0.3, -0.25) is 14.4 Å². The predicted molar refractivity (Wildman–Crippen MR) is 160 cm³/mol. The molecule has 0 amide bonds. The van der Waals surface area contributed by atoms with Gasteiger partial charge in [0, 0.05) is 48.2 Å². The molecule has 236 valence electrons. The zero-order chi connectivity index (χ0) is 32.2. The Balaban J connectivity index is 1.45. The van der Waals surface area contributed by atoms with Gasteiger partial charge in [-0.15, -0.1) is 0 Å². The van der Waals surface area contributed by atoms with Crippen LogP contribution in [0.1, 0.15) is 68.8 Å². The molecule has 45 heavy (non-hydrogen) atoms. The van der Waals surface area contributed by atoms with E-state index in [1.54, 1.807) is 31.3 Å². The van der Waals surface area contributed by atoms with Crippen LogP contribution in [0.25, 0.3) is 0 Å². The summed E-state index contributed by atoms with van der Waals surface area (Å²) in [5, 5.41) is 46.0. The summed E-state index contributed by atoms with van der Waals surface area (Å²) in [4.78, 5) is 45.4. The van der Waals surface area contributed by atoms with E-state index in [-0.39, 0.29) is 46.6 Å². The van der Waals surface area contributed by atoms with Crippen LogP contribution in [0.5, 0.6) is 17.2 Å². The number of fused-ring (bicyclic) bond motifs is 3. The van der Waals surface area contributed by atoms with Crippen molar-refractivity contribution in [1.29, 1.82) is 0 Å². The van der Waals surface area contributed by atoms with Gasteiger partial charge in [0.05, 0.1) is 52.9 Å². The molecule has 1 fully saturated rings. The first kappa shape index (κ1) is 31.1. The Kier molecular flexibility index (Phi) is 8.18. The molecule has 0 spiro atoms. The number of nitrogens with two attached hydrogens (primary N) is 1. The molecular formula is C32H32N2O10S.